The SMILES string of the molecule is CC1=C(CCC(C)CCCC(C)CC#N)C(C)(C)CCC1. The minimum atomic E-state index is 0.434. The van der Waals surface area contributed by atoms with Crippen LogP contribution in [0.1, 0.15) is 92.4 Å². The van der Waals surface area contributed by atoms with Gasteiger partial charge in [0.25, 0.3) is 0 Å². The Labute approximate surface area is 132 Å². The van der Waals surface area contributed by atoms with E-state index in [-0.39, 0.29) is 0 Å². The van der Waals surface area contributed by atoms with E-state index >= 15 is 0 Å². The van der Waals surface area contributed by atoms with Crippen LogP contribution in [0.4, 0.5) is 0 Å². The molecule has 1 nitrogen and oxygen atoms in total. The molecule has 0 aromatic rings. The van der Waals surface area contributed by atoms with Crippen molar-refractivity contribution < 1.29 is 0 Å². The summed E-state index contributed by atoms with van der Waals surface area (Å²) in [4.78, 5) is 0. The molecule has 0 radical (unpaired) electrons. The zero-order valence-corrected chi connectivity index (χ0v) is 15.0. The van der Waals surface area contributed by atoms with E-state index in [4.69, 9.17) is 5.26 Å². The van der Waals surface area contributed by atoms with Gasteiger partial charge in [0.2, 0.25) is 0 Å². The van der Waals surface area contributed by atoms with Gasteiger partial charge in [0.1, 0.15) is 0 Å². The van der Waals surface area contributed by atoms with E-state index in [1.807, 2.05) is 0 Å². The average molecular weight is 290 g/mol. The highest BCUT2D eigenvalue weighted by atomic mass is 14.3. The number of allylic oxidation sites excluding steroid dienone is 2. The summed E-state index contributed by atoms with van der Waals surface area (Å²) in [7, 11) is 0. The summed E-state index contributed by atoms with van der Waals surface area (Å²) in [6.07, 6.45) is 11.2. The van der Waals surface area contributed by atoms with Gasteiger partial charge in [-0.2, -0.15) is 5.26 Å². The van der Waals surface area contributed by atoms with Gasteiger partial charge in [-0.1, -0.05) is 51.7 Å². The van der Waals surface area contributed by atoms with Gasteiger partial charge >= 0.3 is 0 Å². The first-order chi connectivity index (χ1) is 9.86. The van der Waals surface area contributed by atoms with E-state index in [2.05, 4.69) is 40.7 Å². The maximum atomic E-state index is 8.69. The van der Waals surface area contributed by atoms with Crippen LogP contribution >= 0.6 is 0 Å². The quantitative estimate of drug-likeness (QED) is 0.459. The Morgan fingerprint density at radius 3 is 2.43 bits per heavy atom. The summed E-state index contributed by atoms with van der Waals surface area (Å²) >= 11 is 0. The second-order valence-electron chi connectivity index (χ2n) is 8.04. The van der Waals surface area contributed by atoms with Crippen molar-refractivity contribution in [2.75, 3.05) is 0 Å². The Bertz CT molecular complexity index is 383. The first kappa shape index (κ1) is 18.3. The van der Waals surface area contributed by atoms with Gasteiger partial charge in [-0.25, -0.2) is 0 Å². The minimum Gasteiger partial charge on any atom is -0.198 e. The average Bonchev–Trinajstić information content (AvgIpc) is 2.37. The number of nitrogens with zero attached hydrogens (tertiary/aromatic N) is 1. The molecule has 21 heavy (non-hydrogen) atoms. The molecule has 0 N–H and O–H groups in total. The fraction of sp³-hybridized carbons (Fsp3) is 0.850. The van der Waals surface area contributed by atoms with E-state index in [1.165, 1.54) is 51.4 Å². The van der Waals surface area contributed by atoms with Crippen molar-refractivity contribution in [3.05, 3.63) is 11.1 Å². The van der Waals surface area contributed by atoms with Gasteiger partial charge in [0.15, 0.2) is 0 Å². The molecule has 0 fully saturated rings. The Balaban J connectivity index is 2.33. The summed E-state index contributed by atoms with van der Waals surface area (Å²) in [5.74, 6) is 1.39. The molecular weight excluding hydrogens is 254 g/mol. The smallest absolute Gasteiger partial charge is 0.0624 e. The highest BCUT2D eigenvalue weighted by molar-refractivity contribution is 5.22. The van der Waals surface area contributed by atoms with E-state index < -0.39 is 0 Å². The highest BCUT2D eigenvalue weighted by Crippen LogP contribution is 2.42. The second-order valence-corrected chi connectivity index (χ2v) is 8.04. The van der Waals surface area contributed by atoms with Gasteiger partial charge in [-0.3, -0.25) is 0 Å². The van der Waals surface area contributed by atoms with Crippen LogP contribution in [0, 0.1) is 28.6 Å². The lowest BCUT2D eigenvalue weighted by atomic mass is 9.70. The molecule has 1 rings (SSSR count). The standard InChI is InChI=1S/C20H35N/c1-16(8-6-9-17(2)13-15-21)11-12-19-18(3)10-7-14-20(19,4)5/h16-17H,6-14H2,1-5H3. The maximum absolute atomic E-state index is 8.69. The van der Waals surface area contributed by atoms with Crippen LogP contribution < -0.4 is 0 Å². The molecule has 0 bridgehead atoms. The normalized spacial score (nSPS) is 21.0. The van der Waals surface area contributed by atoms with Crippen LogP contribution in [0.3, 0.4) is 0 Å². The summed E-state index contributed by atoms with van der Waals surface area (Å²) in [6, 6.07) is 2.28. The summed E-state index contributed by atoms with van der Waals surface area (Å²) in [6.45, 7) is 11.8. The Kier molecular flexibility index (Phi) is 7.50. The molecule has 0 heterocycles. The van der Waals surface area contributed by atoms with E-state index in [1.54, 1.807) is 11.1 Å². The van der Waals surface area contributed by atoms with Crippen molar-refractivity contribution in [2.24, 2.45) is 17.3 Å². The minimum absolute atomic E-state index is 0.434. The molecule has 1 aliphatic carbocycles. The predicted octanol–water partition coefficient (Wildman–Crippen LogP) is 6.65. The van der Waals surface area contributed by atoms with Gasteiger partial charge in [0.05, 0.1) is 6.07 Å². The lowest BCUT2D eigenvalue weighted by Gasteiger charge is -2.35. The molecule has 2 unspecified atom stereocenters. The molecule has 1 aliphatic rings. The van der Waals surface area contributed by atoms with Gasteiger partial charge in [-0.15, -0.1) is 0 Å². The molecule has 120 valence electrons. The molecule has 0 saturated carbocycles. The first-order valence-electron chi connectivity index (χ1n) is 8.93. The zero-order valence-electron chi connectivity index (χ0n) is 15.0. The van der Waals surface area contributed by atoms with Gasteiger partial charge < -0.3 is 0 Å². The molecule has 0 saturated heterocycles. The molecule has 0 aromatic carbocycles. The summed E-state index contributed by atoms with van der Waals surface area (Å²) in [5.41, 5.74) is 3.85. The van der Waals surface area contributed by atoms with Crippen molar-refractivity contribution in [2.45, 2.75) is 92.4 Å². The van der Waals surface area contributed by atoms with Crippen LogP contribution in [-0.4, -0.2) is 0 Å². The predicted molar refractivity (Wildman–Crippen MR) is 92.0 cm³/mol. The fourth-order valence-corrected chi connectivity index (χ4v) is 3.83. The first-order valence-corrected chi connectivity index (χ1v) is 8.93. The van der Waals surface area contributed by atoms with Crippen LogP contribution in [0.15, 0.2) is 11.1 Å². The Morgan fingerprint density at radius 1 is 1.14 bits per heavy atom. The van der Waals surface area contributed by atoms with Crippen LogP contribution in [-0.2, 0) is 0 Å². The molecule has 0 amide bonds. The summed E-state index contributed by atoms with van der Waals surface area (Å²) < 4.78 is 0. The van der Waals surface area contributed by atoms with Crippen molar-refractivity contribution in [1.29, 1.82) is 5.26 Å². The number of rotatable bonds is 8. The van der Waals surface area contributed by atoms with Crippen molar-refractivity contribution in [1.82, 2.24) is 0 Å². The van der Waals surface area contributed by atoms with Crippen LogP contribution in [0.5, 0.6) is 0 Å². The van der Waals surface area contributed by atoms with Crippen molar-refractivity contribution in [3.63, 3.8) is 0 Å². The second kappa shape index (κ2) is 8.62. The summed E-state index contributed by atoms with van der Waals surface area (Å²) in [5, 5.41) is 8.69. The lowest BCUT2D eigenvalue weighted by Crippen LogP contribution is -2.20. The third-order valence-corrected chi connectivity index (χ3v) is 5.41. The van der Waals surface area contributed by atoms with Gasteiger partial charge in [-0.05, 0) is 62.7 Å². The van der Waals surface area contributed by atoms with Crippen LogP contribution in [0.25, 0.3) is 0 Å². The highest BCUT2D eigenvalue weighted by Gasteiger charge is 2.27. The van der Waals surface area contributed by atoms with Crippen molar-refractivity contribution >= 4 is 0 Å². The van der Waals surface area contributed by atoms with Crippen LogP contribution in [0.2, 0.25) is 0 Å². The number of hydrogen-bond donors (Lipinski definition) is 0. The fourth-order valence-electron chi connectivity index (χ4n) is 3.83. The lowest BCUT2D eigenvalue weighted by molar-refractivity contribution is 0.339. The van der Waals surface area contributed by atoms with E-state index in [0.717, 1.165) is 5.92 Å². The Morgan fingerprint density at radius 2 is 1.81 bits per heavy atom. The molecular formula is C20H35N. The maximum Gasteiger partial charge on any atom is 0.0624 e. The molecule has 2 atom stereocenters. The largest absolute Gasteiger partial charge is 0.198 e. The van der Waals surface area contributed by atoms with Gasteiger partial charge in [0, 0.05) is 6.42 Å². The molecule has 1 heteroatoms. The number of nitriles is 1. The van der Waals surface area contributed by atoms with E-state index in [9.17, 15) is 0 Å². The van der Waals surface area contributed by atoms with E-state index in [0.29, 0.717) is 17.8 Å². The van der Waals surface area contributed by atoms with Crippen molar-refractivity contribution in [3.8, 4) is 6.07 Å². The third kappa shape index (κ3) is 6.25. The third-order valence-electron chi connectivity index (χ3n) is 5.41. The topological polar surface area (TPSA) is 23.8 Å². The molecule has 0 spiro atoms. The molecule has 0 aromatic heterocycles. The zero-order chi connectivity index (χ0) is 15.9. The Hall–Kier alpha value is -0.770. The monoisotopic (exact) mass is 289 g/mol. The molecule has 0 aliphatic heterocycles. The number of hydrogen-bond acceptors (Lipinski definition) is 1.